The highest BCUT2D eigenvalue weighted by molar-refractivity contribution is 9.11. The van der Waals surface area contributed by atoms with Crippen molar-refractivity contribution >= 4 is 59.1 Å². The molecule has 0 atom stereocenters. The molecule has 0 saturated heterocycles. The first-order chi connectivity index (χ1) is 10.5. The molecule has 3 nitrogen and oxygen atoms in total. The van der Waals surface area contributed by atoms with Crippen LogP contribution < -0.4 is 0 Å². The van der Waals surface area contributed by atoms with Crippen molar-refractivity contribution < 1.29 is 10.2 Å². The summed E-state index contributed by atoms with van der Waals surface area (Å²) >= 11 is 11.5. The van der Waals surface area contributed by atoms with E-state index in [1.165, 1.54) is 11.3 Å². The van der Waals surface area contributed by atoms with Crippen molar-refractivity contribution in [1.29, 1.82) is 0 Å². The number of halogens is 3. The Bertz CT molecular complexity index is 847. The Labute approximate surface area is 156 Å². The van der Waals surface area contributed by atoms with Gasteiger partial charge in [0.2, 0.25) is 0 Å². The molecular weight excluding hydrogens is 498 g/mol. The van der Waals surface area contributed by atoms with Gasteiger partial charge in [-0.1, -0.05) is 28.1 Å². The standard InChI is InChI=1S/C15H8Br3NO2S/c16-8-3-1-7(2-4-8)11-6-19-15(22-11)9-5-10(17)13(20)14(21)12(9)18/h1-6,20-21H. The van der Waals surface area contributed by atoms with Crippen molar-refractivity contribution in [3.05, 3.63) is 49.9 Å². The molecule has 0 aliphatic heterocycles. The van der Waals surface area contributed by atoms with Crippen molar-refractivity contribution in [3.63, 3.8) is 0 Å². The van der Waals surface area contributed by atoms with Gasteiger partial charge in [-0.2, -0.15) is 0 Å². The first-order valence-electron chi connectivity index (χ1n) is 6.09. The highest BCUT2D eigenvalue weighted by atomic mass is 79.9. The Hall–Kier alpha value is -0.890. The molecule has 0 bridgehead atoms. The fraction of sp³-hybridized carbons (Fsp3) is 0. The van der Waals surface area contributed by atoms with Crippen LogP contribution in [-0.4, -0.2) is 15.2 Å². The smallest absolute Gasteiger partial charge is 0.173 e. The summed E-state index contributed by atoms with van der Waals surface area (Å²) in [5, 5.41) is 20.4. The fourth-order valence-electron chi connectivity index (χ4n) is 1.90. The van der Waals surface area contributed by atoms with Crippen LogP contribution in [0.15, 0.2) is 49.9 Å². The number of hydrogen-bond acceptors (Lipinski definition) is 4. The minimum Gasteiger partial charge on any atom is -0.503 e. The lowest BCUT2D eigenvalue weighted by molar-refractivity contribution is 0.399. The molecule has 1 aromatic heterocycles. The predicted molar refractivity (Wildman–Crippen MR) is 99.4 cm³/mol. The molecule has 0 unspecified atom stereocenters. The first kappa shape index (κ1) is 16.0. The molecule has 0 saturated carbocycles. The molecule has 1 heterocycles. The summed E-state index contributed by atoms with van der Waals surface area (Å²) in [7, 11) is 0. The van der Waals surface area contributed by atoms with Crippen LogP contribution in [-0.2, 0) is 0 Å². The van der Waals surface area contributed by atoms with Gasteiger partial charge >= 0.3 is 0 Å². The molecule has 0 aliphatic rings. The Morgan fingerprint density at radius 2 is 1.64 bits per heavy atom. The van der Waals surface area contributed by atoms with Gasteiger partial charge in [0, 0.05) is 16.2 Å². The highest BCUT2D eigenvalue weighted by Gasteiger charge is 2.17. The SMILES string of the molecule is Oc1c(Br)cc(-c2ncc(-c3ccc(Br)cc3)s2)c(Br)c1O. The van der Waals surface area contributed by atoms with Gasteiger partial charge in [0.15, 0.2) is 11.5 Å². The third-order valence-electron chi connectivity index (χ3n) is 3.03. The van der Waals surface area contributed by atoms with Crippen LogP contribution in [0.4, 0.5) is 0 Å². The van der Waals surface area contributed by atoms with E-state index in [4.69, 9.17) is 0 Å². The van der Waals surface area contributed by atoms with Crippen molar-refractivity contribution in [1.82, 2.24) is 4.98 Å². The zero-order valence-corrected chi connectivity index (χ0v) is 16.4. The zero-order valence-electron chi connectivity index (χ0n) is 10.8. The van der Waals surface area contributed by atoms with Gasteiger partial charge in [0.1, 0.15) is 5.01 Å². The maximum absolute atomic E-state index is 9.93. The van der Waals surface area contributed by atoms with Crippen LogP contribution in [0.1, 0.15) is 0 Å². The number of benzene rings is 2. The lowest BCUT2D eigenvalue weighted by Crippen LogP contribution is -1.82. The topological polar surface area (TPSA) is 53.4 Å². The van der Waals surface area contributed by atoms with Crippen LogP contribution in [0.2, 0.25) is 0 Å². The molecule has 112 valence electrons. The number of thiazole rings is 1. The van der Waals surface area contributed by atoms with Crippen LogP contribution in [0.5, 0.6) is 11.5 Å². The molecule has 7 heteroatoms. The molecule has 0 radical (unpaired) electrons. The number of nitrogens with zero attached hydrogens (tertiary/aromatic N) is 1. The Kier molecular flexibility index (Phi) is 4.59. The average Bonchev–Trinajstić information content (AvgIpc) is 2.99. The Morgan fingerprint density at radius 3 is 2.32 bits per heavy atom. The Morgan fingerprint density at radius 1 is 0.955 bits per heavy atom. The summed E-state index contributed by atoms with van der Waals surface area (Å²) in [6, 6.07) is 9.71. The quantitative estimate of drug-likeness (QED) is 0.409. The van der Waals surface area contributed by atoms with E-state index >= 15 is 0 Å². The van der Waals surface area contributed by atoms with Crippen LogP contribution in [0.3, 0.4) is 0 Å². The van der Waals surface area contributed by atoms with E-state index in [-0.39, 0.29) is 11.5 Å². The lowest BCUT2D eigenvalue weighted by Gasteiger charge is -2.07. The maximum atomic E-state index is 9.93. The monoisotopic (exact) mass is 503 g/mol. The molecule has 0 amide bonds. The van der Waals surface area contributed by atoms with Crippen molar-refractivity contribution in [3.8, 4) is 32.5 Å². The van der Waals surface area contributed by atoms with Gasteiger partial charge in [0.05, 0.1) is 13.8 Å². The third-order valence-corrected chi connectivity index (χ3v) is 6.05. The number of aromatic nitrogens is 1. The van der Waals surface area contributed by atoms with Gasteiger partial charge in [-0.25, -0.2) is 4.98 Å². The summed E-state index contributed by atoms with van der Waals surface area (Å²) in [5.41, 5.74) is 1.79. The molecule has 0 aliphatic carbocycles. The number of phenols is 2. The minimum absolute atomic E-state index is 0.194. The van der Waals surface area contributed by atoms with Gasteiger partial charge in [-0.15, -0.1) is 11.3 Å². The van der Waals surface area contributed by atoms with Crippen molar-refractivity contribution in [2.45, 2.75) is 0 Å². The zero-order chi connectivity index (χ0) is 15.9. The van der Waals surface area contributed by atoms with E-state index in [2.05, 4.69) is 52.8 Å². The van der Waals surface area contributed by atoms with Gasteiger partial charge in [-0.05, 0) is 55.6 Å². The molecular formula is C15H8Br3NO2S. The summed E-state index contributed by atoms with van der Waals surface area (Å²) in [6.45, 7) is 0. The van der Waals surface area contributed by atoms with E-state index in [0.29, 0.717) is 8.95 Å². The molecule has 3 aromatic rings. The largest absolute Gasteiger partial charge is 0.503 e. The molecule has 22 heavy (non-hydrogen) atoms. The van der Waals surface area contributed by atoms with Crippen LogP contribution in [0, 0.1) is 0 Å². The van der Waals surface area contributed by atoms with Crippen LogP contribution in [0.25, 0.3) is 21.0 Å². The highest BCUT2D eigenvalue weighted by Crippen LogP contribution is 2.46. The van der Waals surface area contributed by atoms with Crippen molar-refractivity contribution in [2.24, 2.45) is 0 Å². The minimum atomic E-state index is -0.204. The van der Waals surface area contributed by atoms with Gasteiger partial charge < -0.3 is 10.2 Å². The fourth-order valence-corrected chi connectivity index (χ4v) is 4.15. The van der Waals surface area contributed by atoms with Gasteiger partial charge in [-0.3, -0.25) is 0 Å². The Balaban J connectivity index is 2.06. The predicted octanol–water partition coefficient (Wildman–Crippen LogP) is 6.18. The van der Waals surface area contributed by atoms with E-state index in [1.54, 1.807) is 12.3 Å². The number of phenolic OH excluding ortho intramolecular Hbond substituents is 2. The number of aromatic hydroxyl groups is 2. The summed E-state index contributed by atoms with van der Waals surface area (Å²) in [5.74, 6) is -0.398. The first-order valence-corrected chi connectivity index (χ1v) is 9.29. The molecule has 2 N–H and O–H groups in total. The van der Waals surface area contributed by atoms with Crippen LogP contribution >= 0.6 is 59.1 Å². The molecule has 0 spiro atoms. The van der Waals surface area contributed by atoms with Gasteiger partial charge in [0.25, 0.3) is 0 Å². The van der Waals surface area contributed by atoms with E-state index in [1.807, 2.05) is 24.3 Å². The second-order valence-corrected chi connectivity index (χ2v) is 8.05. The number of rotatable bonds is 2. The summed E-state index contributed by atoms with van der Waals surface area (Å²) in [4.78, 5) is 5.45. The molecule has 2 aromatic carbocycles. The third kappa shape index (κ3) is 2.95. The summed E-state index contributed by atoms with van der Waals surface area (Å²) in [6.07, 6.45) is 1.80. The summed E-state index contributed by atoms with van der Waals surface area (Å²) < 4.78 is 1.87. The van der Waals surface area contributed by atoms with E-state index < -0.39 is 0 Å². The molecule has 0 fully saturated rings. The number of hydrogen-bond donors (Lipinski definition) is 2. The molecule has 3 rings (SSSR count). The van der Waals surface area contributed by atoms with E-state index in [9.17, 15) is 10.2 Å². The maximum Gasteiger partial charge on any atom is 0.173 e. The second-order valence-electron chi connectivity index (χ2n) is 4.45. The second kappa shape index (κ2) is 6.31. The normalized spacial score (nSPS) is 10.9. The van der Waals surface area contributed by atoms with Crippen molar-refractivity contribution in [2.75, 3.05) is 0 Å². The average molecular weight is 506 g/mol. The van der Waals surface area contributed by atoms with E-state index in [0.717, 1.165) is 25.5 Å². The lowest BCUT2D eigenvalue weighted by atomic mass is 10.2.